The minimum absolute atomic E-state index is 0.182. The van der Waals surface area contributed by atoms with Gasteiger partial charge in [-0.2, -0.15) is 9.90 Å². The van der Waals surface area contributed by atoms with Crippen LogP contribution in [0.3, 0.4) is 0 Å². The van der Waals surface area contributed by atoms with E-state index in [9.17, 15) is 4.79 Å². The SMILES string of the molecule is O=C(NCC1CCCN(c2nccs2)C1)c1cnn(-c2ccccc2)n1. The van der Waals surface area contributed by atoms with Gasteiger partial charge < -0.3 is 10.2 Å². The van der Waals surface area contributed by atoms with Gasteiger partial charge in [0.15, 0.2) is 10.8 Å². The zero-order valence-electron chi connectivity index (χ0n) is 14.3. The van der Waals surface area contributed by atoms with Crippen molar-refractivity contribution >= 4 is 22.4 Å². The Hall–Kier alpha value is -2.74. The quantitative estimate of drug-likeness (QED) is 0.748. The molecule has 134 valence electrons. The summed E-state index contributed by atoms with van der Waals surface area (Å²) in [6.07, 6.45) is 5.57. The Kier molecular flexibility index (Phi) is 4.92. The summed E-state index contributed by atoms with van der Waals surface area (Å²) in [6, 6.07) is 9.55. The van der Waals surface area contributed by atoms with Crippen molar-refractivity contribution < 1.29 is 4.79 Å². The zero-order valence-corrected chi connectivity index (χ0v) is 15.1. The second-order valence-electron chi connectivity index (χ2n) is 6.33. The maximum atomic E-state index is 12.4. The number of thiazole rings is 1. The van der Waals surface area contributed by atoms with Crippen LogP contribution in [0.2, 0.25) is 0 Å². The van der Waals surface area contributed by atoms with Gasteiger partial charge in [-0.1, -0.05) is 18.2 Å². The van der Waals surface area contributed by atoms with Crippen LogP contribution in [0.1, 0.15) is 23.3 Å². The Labute approximate surface area is 155 Å². The number of rotatable bonds is 5. The molecule has 1 unspecified atom stereocenters. The van der Waals surface area contributed by atoms with E-state index in [0.29, 0.717) is 18.2 Å². The normalized spacial score (nSPS) is 17.2. The monoisotopic (exact) mass is 368 g/mol. The highest BCUT2D eigenvalue weighted by molar-refractivity contribution is 7.13. The van der Waals surface area contributed by atoms with Crippen LogP contribution >= 0.6 is 11.3 Å². The average Bonchev–Trinajstić information content (AvgIpc) is 3.39. The van der Waals surface area contributed by atoms with Crippen molar-refractivity contribution in [1.29, 1.82) is 0 Å². The van der Waals surface area contributed by atoms with Crippen LogP contribution < -0.4 is 10.2 Å². The fraction of sp³-hybridized carbons (Fsp3) is 0.333. The van der Waals surface area contributed by atoms with Gasteiger partial charge in [0.1, 0.15) is 0 Å². The molecule has 0 bridgehead atoms. The molecule has 1 amide bonds. The van der Waals surface area contributed by atoms with Crippen molar-refractivity contribution in [2.45, 2.75) is 12.8 Å². The molecule has 3 aromatic rings. The Morgan fingerprint density at radius 2 is 2.19 bits per heavy atom. The number of hydrogen-bond donors (Lipinski definition) is 1. The molecule has 0 aliphatic carbocycles. The first-order chi connectivity index (χ1) is 12.8. The molecular formula is C18H20N6OS. The highest BCUT2D eigenvalue weighted by Gasteiger charge is 2.22. The number of anilines is 1. The Balaban J connectivity index is 1.33. The van der Waals surface area contributed by atoms with Crippen LogP contribution in [-0.2, 0) is 0 Å². The minimum Gasteiger partial charge on any atom is -0.350 e. The largest absolute Gasteiger partial charge is 0.350 e. The Morgan fingerprint density at radius 3 is 3.00 bits per heavy atom. The number of aromatic nitrogens is 4. The first-order valence-corrected chi connectivity index (χ1v) is 9.58. The molecule has 4 rings (SSSR count). The van der Waals surface area contributed by atoms with Crippen LogP contribution in [-0.4, -0.2) is 45.5 Å². The fourth-order valence-corrected chi connectivity index (χ4v) is 3.84. The van der Waals surface area contributed by atoms with E-state index in [1.54, 1.807) is 11.3 Å². The standard InChI is InChI=1S/C18H20N6OS/c25-17(16-12-21-24(22-16)15-6-2-1-3-7-15)20-11-14-5-4-9-23(13-14)18-19-8-10-26-18/h1-3,6-8,10,12,14H,4-5,9,11,13H2,(H,20,25). The number of amides is 1. The van der Waals surface area contributed by atoms with Gasteiger partial charge in [0.05, 0.1) is 11.9 Å². The van der Waals surface area contributed by atoms with Gasteiger partial charge in [-0.05, 0) is 30.9 Å². The number of para-hydroxylation sites is 1. The molecule has 0 saturated carbocycles. The summed E-state index contributed by atoms with van der Waals surface area (Å²) >= 11 is 1.66. The van der Waals surface area contributed by atoms with Crippen molar-refractivity contribution in [3.8, 4) is 5.69 Å². The van der Waals surface area contributed by atoms with E-state index in [2.05, 4.69) is 25.4 Å². The van der Waals surface area contributed by atoms with Crippen molar-refractivity contribution in [3.05, 3.63) is 53.8 Å². The fourth-order valence-electron chi connectivity index (χ4n) is 3.16. The van der Waals surface area contributed by atoms with Gasteiger partial charge in [-0.25, -0.2) is 4.98 Å². The highest BCUT2D eigenvalue weighted by Crippen LogP contribution is 2.24. The first-order valence-electron chi connectivity index (χ1n) is 8.70. The summed E-state index contributed by atoms with van der Waals surface area (Å²) in [6.45, 7) is 2.59. The molecule has 1 fully saturated rings. The van der Waals surface area contributed by atoms with Gasteiger partial charge in [0.2, 0.25) is 0 Å². The number of nitrogens with zero attached hydrogens (tertiary/aromatic N) is 5. The highest BCUT2D eigenvalue weighted by atomic mass is 32.1. The summed E-state index contributed by atoms with van der Waals surface area (Å²) in [5.74, 6) is 0.235. The second kappa shape index (κ2) is 7.65. The van der Waals surface area contributed by atoms with Crippen molar-refractivity contribution in [2.75, 3.05) is 24.5 Å². The topological polar surface area (TPSA) is 75.9 Å². The maximum absolute atomic E-state index is 12.4. The lowest BCUT2D eigenvalue weighted by molar-refractivity contribution is 0.0940. The van der Waals surface area contributed by atoms with E-state index in [0.717, 1.165) is 36.8 Å². The smallest absolute Gasteiger partial charge is 0.273 e. The van der Waals surface area contributed by atoms with Gasteiger partial charge in [0, 0.05) is 31.2 Å². The van der Waals surface area contributed by atoms with Crippen molar-refractivity contribution in [1.82, 2.24) is 25.3 Å². The summed E-state index contributed by atoms with van der Waals surface area (Å²) < 4.78 is 0. The third-order valence-corrected chi connectivity index (χ3v) is 5.30. The zero-order chi connectivity index (χ0) is 17.8. The lowest BCUT2D eigenvalue weighted by atomic mass is 9.98. The third kappa shape index (κ3) is 3.75. The van der Waals surface area contributed by atoms with Crippen LogP contribution in [0, 0.1) is 5.92 Å². The molecule has 7 nitrogen and oxygen atoms in total. The molecule has 1 N–H and O–H groups in total. The molecule has 0 radical (unpaired) electrons. The average molecular weight is 368 g/mol. The number of benzene rings is 1. The van der Waals surface area contributed by atoms with E-state index in [4.69, 9.17) is 0 Å². The van der Waals surface area contributed by atoms with Crippen LogP contribution in [0.15, 0.2) is 48.1 Å². The van der Waals surface area contributed by atoms with E-state index >= 15 is 0 Å². The predicted octanol–water partition coefficient (Wildman–Crippen LogP) is 2.37. The lowest BCUT2D eigenvalue weighted by Crippen LogP contribution is -2.41. The van der Waals surface area contributed by atoms with Crippen molar-refractivity contribution in [3.63, 3.8) is 0 Å². The summed E-state index contributed by atoms with van der Waals surface area (Å²) in [7, 11) is 0. The maximum Gasteiger partial charge on any atom is 0.273 e. The minimum atomic E-state index is -0.182. The molecule has 8 heteroatoms. The summed E-state index contributed by atoms with van der Waals surface area (Å²) in [5, 5.41) is 14.5. The van der Waals surface area contributed by atoms with Gasteiger partial charge in [-0.15, -0.1) is 16.4 Å². The van der Waals surface area contributed by atoms with Crippen molar-refractivity contribution in [2.24, 2.45) is 5.92 Å². The number of piperidine rings is 1. The van der Waals surface area contributed by atoms with Gasteiger partial charge in [-0.3, -0.25) is 4.79 Å². The lowest BCUT2D eigenvalue weighted by Gasteiger charge is -2.32. The molecule has 1 aliphatic heterocycles. The molecule has 1 atom stereocenters. The molecule has 1 saturated heterocycles. The number of hydrogen-bond acceptors (Lipinski definition) is 6. The number of carbonyl (C=O) groups is 1. The van der Waals surface area contributed by atoms with E-state index in [1.165, 1.54) is 11.0 Å². The molecule has 0 spiro atoms. The molecule has 3 heterocycles. The second-order valence-corrected chi connectivity index (χ2v) is 7.21. The molecule has 2 aromatic heterocycles. The van der Waals surface area contributed by atoms with Gasteiger partial charge >= 0.3 is 0 Å². The van der Waals surface area contributed by atoms with Crippen LogP contribution in [0.4, 0.5) is 5.13 Å². The molecule has 1 aromatic carbocycles. The first kappa shape index (κ1) is 16.7. The van der Waals surface area contributed by atoms with Gasteiger partial charge in [0.25, 0.3) is 5.91 Å². The summed E-state index contributed by atoms with van der Waals surface area (Å²) in [4.78, 5) is 20.6. The van der Waals surface area contributed by atoms with Crippen LogP contribution in [0.5, 0.6) is 0 Å². The number of nitrogens with one attached hydrogen (secondary N) is 1. The van der Waals surface area contributed by atoms with E-state index < -0.39 is 0 Å². The Bertz CT molecular complexity index is 848. The molecule has 26 heavy (non-hydrogen) atoms. The number of carbonyl (C=O) groups excluding carboxylic acids is 1. The van der Waals surface area contributed by atoms with E-state index in [1.807, 2.05) is 41.9 Å². The third-order valence-electron chi connectivity index (χ3n) is 4.47. The molecule has 1 aliphatic rings. The predicted molar refractivity (Wildman–Crippen MR) is 101 cm³/mol. The van der Waals surface area contributed by atoms with Crippen LogP contribution in [0.25, 0.3) is 5.69 Å². The Morgan fingerprint density at radius 1 is 1.31 bits per heavy atom. The summed E-state index contributed by atoms with van der Waals surface area (Å²) in [5.41, 5.74) is 1.17. The molecular weight excluding hydrogens is 348 g/mol. The van der Waals surface area contributed by atoms with E-state index in [-0.39, 0.29) is 5.91 Å².